The molecule has 6 heterocycles. The number of aromatic nitrogens is 9. The van der Waals surface area contributed by atoms with Crippen molar-refractivity contribution in [3.63, 3.8) is 0 Å². The second kappa shape index (κ2) is 27.5. The fourth-order valence-corrected chi connectivity index (χ4v) is 14.9. The van der Waals surface area contributed by atoms with Crippen LogP contribution in [0.2, 0.25) is 0 Å². The van der Waals surface area contributed by atoms with Crippen LogP contribution >= 0.6 is 8.17 Å². The number of H-pyrrole nitrogens is 3. The first-order chi connectivity index (χ1) is 47.9. The summed E-state index contributed by atoms with van der Waals surface area (Å²) in [6.45, 7) is 4.09. The molecule has 12 aromatic rings. The molecule has 0 saturated heterocycles. The summed E-state index contributed by atoms with van der Waals surface area (Å²) < 4.78 is 40.3. The largest absolute Gasteiger partial charge is 0.583 e. The Hall–Kier alpha value is -10.5. The van der Waals surface area contributed by atoms with Crippen molar-refractivity contribution < 1.29 is 32.7 Å². The molecule has 3 aliphatic carbocycles. The summed E-state index contributed by atoms with van der Waals surface area (Å²) in [5.74, 6) is 1.68. The van der Waals surface area contributed by atoms with Gasteiger partial charge in [0.2, 0.25) is 20.4 Å². The van der Waals surface area contributed by atoms with E-state index in [2.05, 4.69) is 51.4 Å². The molecule has 3 unspecified atom stereocenters. The van der Waals surface area contributed by atoms with Gasteiger partial charge in [0.05, 0.1) is 33.8 Å². The highest BCUT2D eigenvalue weighted by molar-refractivity contribution is 7.55. The lowest BCUT2D eigenvalue weighted by molar-refractivity contribution is -0.0242. The third-order valence-corrected chi connectivity index (χ3v) is 20.2. The van der Waals surface area contributed by atoms with Crippen LogP contribution in [-0.2, 0) is 13.6 Å². The van der Waals surface area contributed by atoms with E-state index in [-0.39, 0.29) is 34.4 Å². The smallest absolute Gasteiger partial charge is 0.463 e. The number of nitrogens with one attached hydrogen (secondary N) is 3. The first kappa shape index (κ1) is 63.5. The molecule has 20 heteroatoms. The van der Waals surface area contributed by atoms with Gasteiger partial charge in [0.25, 0.3) is 16.7 Å². The Labute approximate surface area is 565 Å². The van der Waals surface area contributed by atoms with Crippen molar-refractivity contribution in [2.75, 3.05) is 20.4 Å². The third-order valence-electron chi connectivity index (χ3n) is 19.0. The first-order valence-electron chi connectivity index (χ1n) is 33.3. The van der Waals surface area contributed by atoms with Crippen molar-refractivity contribution >= 4 is 25.1 Å². The molecule has 4 N–H and O–H groups in total. The minimum atomic E-state index is -4.32. The molecule has 98 heavy (non-hydrogen) atoms. The third kappa shape index (κ3) is 12.5. The maximum atomic E-state index is 14.5. The van der Waals surface area contributed by atoms with Gasteiger partial charge >= 0.3 is 8.17 Å². The molecule has 15 rings (SSSR count). The van der Waals surface area contributed by atoms with Crippen molar-refractivity contribution in [1.29, 1.82) is 0 Å². The molecule has 494 valence electrons. The lowest BCUT2D eigenvalue weighted by Gasteiger charge is -2.19. The van der Waals surface area contributed by atoms with Crippen LogP contribution in [0, 0.1) is 20.8 Å². The molecule has 3 aliphatic rings. The summed E-state index contributed by atoms with van der Waals surface area (Å²) in [5, 5.41) is 14.9. The first-order valence-corrected chi connectivity index (χ1v) is 34.8. The fraction of sp³-hybridized carbons (Fsp3) is 0.231. The number of aromatic amines is 3. The molecular weight excluding hydrogens is 1250 g/mol. The number of hydrogen-bond acceptors (Lipinski definition) is 13. The Morgan fingerprint density at radius 3 is 0.918 bits per heavy atom. The minimum Gasteiger partial charge on any atom is -0.463 e. The molecule has 0 fully saturated rings. The quantitative estimate of drug-likeness (QED) is 0.0299. The van der Waals surface area contributed by atoms with Crippen molar-refractivity contribution in [2.45, 2.75) is 96.3 Å². The standard InChI is InChI=1S/C78H72N9O10P/c1-49-64(76(88)85-73(79-49)67(52-22-10-4-11-23-52)70(82-85)58-28-16-7-17-29-58)55-34-40-61(41-35-55)92-46-95-98(91,96-47-93-62-42-36-56(37-43-62)65-50(2)80-74-68(53-24-12-5-13-25-53)71(83-86(74)77(65)89)59-30-18-8-19-31-59)97-48-94-63-44-38-57(39-45-63)66-51(3)81-75-69(54-26-14-6-15-27-54)72(84-87(75)78(66)90)60-32-20-9-21-33-60/h4-10,12,14,16-21,28-45,52-54,91H,11,13,15,22-27,46-48H2,1-3H3,(H2-,79,80,81,82,83,84,88,89,90)/p+1. The molecule has 0 bridgehead atoms. The van der Waals surface area contributed by atoms with Crippen molar-refractivity contribution in [3.8, 4) is 84.4 Å². The van der Waals surface area contributed by atoms with E-state index in [0.29, 0.717) is 84.7 Å². The number of benzene rings is 6. The van der Waals surface area contributed by atoms with Gasteiger partial charge in [-0.3, -0.25) is 14.4 Å². The zero-order valence-corrected chi connectivity index (χ0v) is 55.4. The highest BCUT2D eigenvalue weighted by Crippen LogP contribution is 2.58. The Morgan fingerprint density at radius 1 is 0.388 bits per heavy atom. The Kier molecular flexibility index (Phi) is 17.8. The van der Waals surface area contributed by atoms with Crippen molar-refractivity contribution in [1.82, 2.24) is 43.8 Å². The summed E-state index contributed by atoms with van der Waals surface area (Å²) >= 11 is 0. The Balaban J connectivity index is 0.660. The monoisotopic (exact) mass is 1330 g/mol. The van der Waals surface area contributed by atoms with Crippen LogP contribution in [0.3, 0.4) is 0 Å². The molecule has 0 spiro atoms. The van der Waals surface area contributed by atoms with E-state index in [1.807, 2.05) is 112 Å². The maximum absolute atomic E-state index is 14.5. The van der Waals surface area contributed by atoms with Gasteiger partial charge in [-0.15, -0.1) is 13.6 Å². The van der Waals surface area contributed by atoms with Gasteiger partial charge in [0, 0.05) is 50.5 Å². The van der Waals surface area contributed by atoms with Gasteiger partial charge in [0.1, 0.15) is 34.2 Å². The highest BCUT2D eigenvalue weighted by atomic mass is 31.2. The van der Waals surface area contributed by atoms with Crippen molar-refractivity contribution in [3.05, 3.63) is 265 Å². The number of aryl methyl sites for hydroxylation is 3. The zero-order chi connectivity index (χ0) is 66.9. The SMILES string of the molecule is Cc1[nH]c2c(C3CC=CCC3)c(-c3ccccc3)nn2c(=O)c1-c1ccc(OCO[P+](O)(OCOc2ccc(-c3c(C)[nH]c4c(C5CC=CCC5)c(-c5ccccc5)nn4c3=O)cc2)OCOc2ccc(-c3c(C)[nH]c4c(C5CC=CCC5)c(-c5ccccc5)nn4c3=O)cc2)cc1. The van der Waals surface area contributed by atoms with Gasteiger partial charge in [-0.25, -0.2) is 0 Å². The second-order valence-electron chi connectivity index (χ2n) is 25.1. The predicted molar refractivity (Wildman–Crippen MR) is 380 cm³/mol. The average molecular weight is 1330 g/mol. The summed E-state index contributed by atoms with van der Waals surface area (Å²) in [6, 6.07) is 50.8. The molecule has 6 aromatic heterocycles. The molecule has 3 atom stereocenters. The van der Waals surface area contributed by atoms with Gasteiger partial charge in [-0.05, 0) is 149 Å². The summed E-state index contributed by atoms with van der Waals surface area (Å²) in [4.78, 5) is 66.3. The van der Waals surface area contributed by atoms with Gasteiger partial charge in [0.15, 0.2) is 0 Å². The predicted octanol–water partition coefficient (Wildman–Crippen LogP) is 16.2. The second-order valence-corrected chi connectivity index (χ2v) is 26.8. The van der Waals surface area contributed by atoms with E-state index in [0.717, 1.165) is 108 Å². The lowest BCUT2D eigenvalue weighted by Crippen LogP contribution is -2.19. The lowest BCUT2D eigenvalue weighted by atomic mass is 9.86. The Bertz CT molecular complexity index is 4680. The van der Waals surface area contributed by atoms with Gasteiger partial charge in [-0.1, -0.05) is 164 Å². The van der Waals surface area contributed by atoms with E-state index in [1.54, 1.807) is 72.8 Å². The average Bonchev–Trinajstić information content (AvgIpc) is 1.59. The number of hydrogen-bond donors (Lipinski definition) is 4. The van der Waals surface area contributed by atoms with Gasteiger partial charge in [-0.2, -0.15) is 33.7 Å². The minimum absolute atomic E-state index is 0.198. The molecule has 0 aliphatic heterocycles. The molecular formula is C78H73N9O10P+. The van der Waals surface area contributed by atoms with Crippen molar-refractivity contribution in [2.24, 2.45) is 0 Å². The molecule has 0 amide bonds. The zero-order valence-electron chi connectivity index (χ0n) is 54.5. The van der Waals surface area contributed by atoms with Crippen LogP contribution in [0.1, 0.15) is 109 Å². The van der Waals surface area contributed by atoms with Crippen LogP contribution in [0.15, 0.2) is 215 Å². The highest BCUT2D eigenvalue weighted by Gasteiger charge is 2.47. The fourth-order valence-electron chi connectivity index (χ4n) is 14.1. The molecule has 19 nitrogen and oxygen atoms in total. The normalized spacial score (nSPS) is 16.8. The summed E-state index contributed by atoms with van der Waals surface area (Å²) in [7, 11) is -4.32. The van der Waals surface area contributed by atoms with E-state index in [9.17, 15) is 19.3 Å². The number of allylic oxidation sites excluding steroid dienone is 6. The maximum Gasteiger partial charge on any atom is 0.583 e. The van der Waals surface area contributed by atoms with Crippen LogP contribution in [-0.4, -0.2) is 69.1 Å². The molecule has 6 aromatic carbocycles. The number of rotatable bonds is 21. The number of nitrogens with zero attached hydrogens (tertiary/aromatic N) is 6. The van der Waals surface area contributed by atoms with Gasteiger partial charge < -0.3 is 29.2 Å². The number of ether oxygens (including phenoxy) is 3. The van der Waals surface area contributed by atoms with E-state index >= 15 is 0 Å². The summed E-state index contributed by atoms with van der Waals surface area (Å²) in [6.07, 6.45) is 21.5. The van der Waals surface area contributed by atoms with Crippen LogP contribution in [0.25, 0.3) is 84.1 Å². The number of fused-ring (bicyclic) bond motifs is 3. The van der Waals surface area contributed by atoms with E-state index in [1.165, 1.54) is 13.5 Å². The van der Waals surface area contributed by atoms with E-state index in [4.69, 9.17) is 43.1 Å². The van der Waals surface area contributed by atoms with Crippen LogP contribution in [0.5, 0.6) is 17.2 Å². The Morgan fingerprint density at radius 2 is 0.663 bits per heavy atom. The molecule has 0 radical (unpaired) electrons. The van der Waals surface area contributed by atoms with E-state index < -0.39 is 28.5 Å². The topological polar surface area (TPSA) is 226 Å². The van der Waals surface area contributed by atoms with Crippen LogP contribution in [0.4, 0.5) is 0 Å². The van der Waals surface area contributed by atoms with Crippen LogP contribution < -0.4 is 30.9 Å². The molecule has 0 saturated carbocycles. The summed E-state index contributed by atoms with van der Waals surface area (Å²) in [5.41, 5.74) is 15.0.